The molecule has 8 heteroatoms. The van der Waals surface area contributed by atoms with Crippen molar-refractivity contribution in [3.63, 3.8) is 0 Å². The highest BCUT2D eigenvalue weighted by molar-refractivity contribution is 7.92. The van der Waals surface area contributed by atoms with Crippen molar-refractivity contribution in [2.24, 2.45) is 0 Å². The molecule has 2 rings (SSSR count). The molecule has 23 heavy (non-hydrogen) atoms. The van der Waals surface area contributed by atoms with Gasteiger partial charge in [0.05, 0.1) is 5.02 Å². The van der Waals surface area contributed by atoms with Crippen LogP contribution in [-0.2, 0) is 10.0 Å². The first-order valence-electron chi connectivity index (χ1n) is 7.26. The molecule has 0 radical (unpaired) electrons. The van der Waals surface area contributed by atoms with E-state index in [4.69, 9.17) is 11.6 Å². The quantitative estimate of drug-likeness (QED) is 0.826. The summed E-state index contributed by atoms with van der Waals surface area (Å²) in [7, 11) is -1.87. The van der Waals surface area contributed by atoms with Gasteiger partial charge in [-0.05, 0) is 30.7 Å². The van der Waals surface area contributed by atoms with Gasteiger partial charge in [-0.3, -0.25) is 4.72 Å². The minimum absolute atomic E-state index is 0.00704. The Balaban J connectivity index is 2.13. The van der Waals surface area contributed by atoms with Crippen LogP contribution in [-0.4, -0.2) is 32.2 Å². The molecule has 0 amide bonds. The van der Waals surface area contributed by atoms with Gasteiger partial charge >= 0.3 is 0 Å². The largest absolute Gasteiger partial charge is 0.358 e. The number of nitrogens with one attached hydrogen (secondary N) is 1. The predicted molar refractivity (Wildman–Crippen MR) is 92.5 cm³/mol. The second-order valence-electron chi connectivity index (χ2n) is 5.09. The van der Waals surface area contributed by atoms with Gasteiger partial charge in [0.25, 0.3) is 10.0 Å². The fraction of sp³-hybridized carbons (Fsp3) is 0.333. The topological polar surface area (TPSA) is 75.2 Å². The van der Waals surface area contributed by atoms with Crippen molar-refractivity contribution < 1.29 is 8.42 Å². The van der Waals surface area contributed by atoms with Crippen LogP contribution in [0.1, 0.15) is 19.8 Å². The number of sulfonamides is 1. The van der Waals surface area contributed by atoms with Gasteiger partial charge in [-0.2, -0.15) is 0 Å². The molecular formula is C15H19ClN4O2S. The van der Waals surface area contributed by atoms with Crippen molar-refractivity contribution in [2.45, 2.75) is 24.7 Å². The number of rotatable bonds is 7. The molecule has 0 aliphatic heterocycles. The monoisotopic (exact) mass is 354 g/mol. The minimum atomic E-state index is -3.79. The highest BCUT2D eigenvalue weighted by Gasteiger charge is 2.18. The predicted octanol–water partition coefficient (Wildman–Crippen LogP) is 3.17. The van der Waals surface area contributed by atoms with Crippen molar-refractivity contribution in [2.75, 3.05) is 23.2 Å². The van der Waals surface area contributed by atoms with Gasteiger partial charge in [-0.25, -0.2) is 8.42 Å². The molecule has 1 aromatic carbocycles. The number of hydrogen-bond acceptors (Lipinski definition) is 5. The molecule has 6 nitrogen and oxygen atoms in total. The Bertz CT molecular complexity index is 750. The van der Waals surface area contributed by atoms with Gasteiger partial charge in [0, 0.05) is 13.6 Å². The molecule has 1 heterocycles. The normalized spacial score (nSPS) is 11.3. The highest BCUT2D eigenvalue weighted by atomic mass is 35.5. The second-order valence-corrected chi connectivity index (χ2v) is 7.15. The van der Waals surface area contributed by atoms with Crippen molar-refractivity contribution >= 4 is 33.3 Å². The first-order chi connectivity index (χ1) is 10.9. The molecule has 0 aliphatic rings. The molecule has 0 fully saturated rings. The second kappa shape index (κ2) is 7.61. The highest BCUT2D eigenvalue weighted by Crippen LogP contribution is 2.22. The zero-order chi connectivity index (χ0) is 16.9. The van der Waals surface area contributed by atoms with Crippen LogP contribution in [0.3, 0.4) is 0 Å². The number of unbranched alkanes of at least 4 members (excludes halogenated alkanes) is 1. The van der Waals surface area contributed by atoms with Gasteiger partial charge in [0.2, 0.25) is 0 Å². The molecule has 0 bridgehead atoms. The maximum atomic E-state index is 12.3. The summed E-state index contributed by atoms with van der Waals surface area (Å²) in [5, 5.41) is 8.13. The molecule has 0 spiro atoms. The van der Waals surface area contributed by atoms with Crippen molar-refractivity contribution in [1.29, 1.82) is 0 Å². The number of hydrogen-bond donors (Lipinski definition) is 1. The molecule has 0 unspecified atom stereocenters. The van der Waals surface area contributed by atoms with E-state index >= 15 is 0 Å². The van der Waals surface area contributed by atoms with Crippen molar-refractivity contribution in [1.82, 2.24) is 10.2 Å². The van der Waals surface area contributed by atoms with Gasteiger partial charge in [-0.15, -0.1) is 10.2 Å². The van der Waals surface area contributed by atoms with E-state index in [0.29, 0.717) is 5.82 Å². The molecule has 0 aliphatic carbocycles. The molecule has 2 aromatic rings. The summed E-state index contributed by atoms with van der Waals surface area (Å²) in [5.74, 6) is 0.844. The summed E-state index contributed by atoms with van der Waals surface area (Å²) in [4.78, 5) is 1.98. The summed E-state index contributed by atoms with van der Waals surface area (Å²) in [6.07, 6.45) is 2.15. The van der Waals surface area contributed by atoms with Crippen LogP contribution in [0.25, 0.3) is 0 Å². The average Bonchev–Trinajstić information content (AvgIpc) is 2.53. The fourth-order valence-corrected chi connectivity index (χ4v) is 3.47. The number of anilines is 2. The summed E-state index contributed by atoms with van der Waals surface area (Å²) < 4.78 is 27.0. The zero-order valence-corrected chi connectivity index (χ0v) is 14.6. The van der Waals surface area contributed by atoms with Crippen LogP contribution in [0.5, 0.6) is 0 Å². The third-order valence-electron chi connectivity index (χ3n) is 3.25. The Morgan fingerprint density at radius 2 is 1.91 bits per heavy atom. The Morgan fingerprint density at radius 1 is 1.17 bits per heavy atom. The maximum Gasteiger partial charge on any atom is 0.264 e. The summed E-state index contributed by atoms with van der Waals surface area (Å²) >= 11 is 5.93. The fourth-order valence-electron chi connectivity index (χ4n) is 1.95. The Kier molecular flexibility index (Phi) is 5.79. The smallest absolute Gasteiger partial charge is 0.264 e. The van der Waals surface area contributed by atoms with Gasteiger partial charge < -0.3 is 4.90 Å². The number of benzene rings is 1. The van der Waals surface area contributed by atoms with Crippen LogP contribution in [0.4, 0.5) is 11.6 Å². The van der Waals surface area contributed by atoms with Gasteiger partial charge in [-0.1, -0.05) is 37.1 Å². The third kappa shape index (κ3) is 4.56. The first-order valence-corrected chi connectivity index (χ1v) is 9.12. The van der Waals surface area contributed by atoms with Crippen LogP contribution in [0.2, 0.25) is 5.02 Å². The Morgan fingerprint density at radius 3 is 2.52 bits per heavy atom. The summed E-state index contributed by atoms with van der Waals surface area (Å²) in [5.41, 5.74) is 0. The molecular weight excluding hydrogens is 336 g/mol. The van der Waals surface area contributed by atoms with E-state index in [9.17, 15) is 8.42 Å². The lowest BCUT2D eigenvalue weighted by Crippen LogP contribution is -2.20. The third-order valence-corrected chi connectivity index (χ3v) is 5.11. The number of nitrogens with zero attached hydrogens (tertiary/aromatic N) is 3. The molecule has 0 atom stereocenters. The lowest BCUT2D eigenvalue weighted by atomic mass is 10.3. The molecule has 0 saturated carbocycles. The standard InChI is InChI=1S/C15H19ClN4O2S/c1-3-4-11-20(2)15-10-9-14(17-18-15)19-23(21,22)13-8-6-5-7-12(13)16/h5-10H,3-4,11H2,1-2H3,(H,17,19). The van der Waals surface area contributed by atoms with E-state index in [2.05, 4.69) is 21.8 Å². The van der Waals surface area contributed by atoms with E-state index in [1.165, 1.54) is 12.1 Å². The lowest BCUT2D eigenvalue weighted by Gasteiger charge is -2.17. The minimum Gasteiger partial charge on any atom is -0.358 e. The molecule has 1 N–H and O–H groups in total. The van der Waals surface area contributed by atoms with Crippen LogP contribution in [0, 0.1) is 0 Å². The van der Waals surface area contributed by atoms with Crippen LogP contribution < -0.4 is 9.62 Å². The number of halogens is 1. The summed E-state index contributed by atoms with van der Waals surface area (Å²) in [6.45, 7) is 2.99. The molecule has 124 valence electrons. The van der Waals surface area contributed by atoms with Crippen molar-refractivity contribution in [3.05, 3.63) is 41.4 Å². The average molecular weight is 355 g/mol. The van der Waals surface area contributed by atoms with E-state index in [1.54, 1.807) is 24.3 Å². The SMILES string of the molecule is CCCCN(C)c1ccc(NS(=O)(=O)c2ccccc2Cl)nn1. The van der Waals surface area contributed by atoms with E-state index in [0.717, 1.165) is 19.4 Å². The zero-order valence-electron chi connectivity index (χ0n) is 13.0. The Hall–Kier alpha value is -1.86. The molecule has 1 aromatic heterocycles. The van der Waals surface area contributed by atoms with E-state index in [1.807, 2.05) is 11.9 Å². The van der Waals surface area contributed by atoms with E-state index < -0.39 is 10.0 Å². The lowest BCUT2D eigenvalue weighted by molar-refractivity contribution is 0.601. The maximum absolute atomic E-state index is 12.3. The van der Waals surface area contributed by atoms with Crippen LogP contribution in [0.15, 0.2) is 41.3 Å². The first kappa shape index (κ1) is 17.5. The van der Waals surface area contributed by atoms with Gasteiger partial charge in [0.15, 0.2) is 11.6 Å². The van der Waals surface area contributed by atoms with Crippen LogP contribution >= 0.6 is 11.6 Å². The Labute approximate surface area is 141 Å². The summed E-state index contributed by atoms with van der Waals surface area (Å²) in [6, 6.07) is 9.55. The van der Waals surface area contributed by atoms with Crippen molar-refractivity contribution in [3.8, 4) is 0 Å². The van der Waals surface area contributed by atoms with E-state index in [-0.39, 0.29) is 15.7 Å². The molecule has 0 saturated heterocycles. The number of aromatic nitrogens is 2. The van der Waals surface area contributed by atoms with Gasteiger partial charge in [0.1, 0.15) is 4.90 Å².